The summed E-state index contributed by atoms with van der Waals surface area (Å²) in [5.74, 6) is 0. The molecule has 0 bridgehead atoms. The number of carbonyl (C=O) groups excluding carboxylic acids is 1. The van der Waals surface area contributed by atoms with Crippen molar-refractivity contribution in [2.45, 2.75) is 59.1 Å². The topological polar surface area (TPSA) is 38.3 Å². The standard InChI is InChI=1S/C11H21NO2/c1-10(2,3)14-9(13)12-8-6-7-11(8,4)5/h8H,6-7H2,1-5H3,(H,12,13). The average Bonchev–Trinajstić information content (AvgIpc) is 1.95. The predicted molar refractivity (Wildman–Crippen MR) is 56.2 cm³/mol. The van der Waals surface area contributed by atoms with E-state index < -0.39 is 5.60 Å². The first kappa shape index (κ1) is 11.3. The highest BCUT2D eigenvalue weighted by molar-refractivity contribution is 5.68. The van der Waals surface area contributed by atoms with E-state index in [2.05, 4.69) is 19.2 Å². The summed E-state index contributed by atoms with van der Waals surface area (Å²) in [6.07, 6.45) is 1.94. The third-order valence-corrected chi connectivity index (χ3v) is 2.71. The molecular formula is C11H21NO2. The molecule has 1 saturated carbocycles. The zero-order valence-corrected chi connectivity index (χ0v) is 9.81. The molecule has 1 unspecified atom stereocenters. The van der Waals surface area contributed by atoms with Crippen LogP contribution in [0.3, 0.4) is 0 Å². The van der Waals surface area contributed by atoms with Crippen molar-refractivity contribution in [3.8, 4) is 0 Å². The predicted octanol–water partition coefficient (Wildman–Crippen LogP) is 2.70. The molecule has 82 valence electrons. The number of hydrogen-bond donors (Lipinski definition) is 1. The van der Waals surface area contributed by atoms with Crippen LogP contribution in [0.4, 0.5) is 4.79 Å². The van der Waals surface area contributed by atoms with Crippen LogP contribution in [-0.2, 0) is 4.74 Å². The van der Waals surface area contributed by atoms with Gasteiger partial charge in [0.25, 0.3) is 0 Å². The second-order valence-electron chi connectivity index (χ2n) is 5.73. The Morgan fingerprint density at radius 2 is 2.00 bits per heavy atom. The molecule has 0 saturated heterocycles. The number of nitrogens with one attached hydrogen (secondary N) is 1. The van der Waals surface area contributed by atoms with Crippen molar-refractivity contribution >= 4 is 6.09 Å². The third-order valence-electron chi connectivity index (χ3n) is 2.71. The van der Waals surface area contributed by atoms with Crippen LogP contribution in [0.2, 0.25) is 0 Å². The molecule has 1 aliphatic carbocycles. The van der Waals surface area contributed by atoms with Gasteiger partial charge in [-0.05, 0) is 39.0 Å². The molecule has 1 amide bonds. The molecule has 0 aromatic heterocycles. The number of rotatable bonds is 1. The van der Waals surface area contributed by atoms with Gasteiger partial charge in [-0.15, -0.1) is 0 Å². The van der Waals surface area contributed by atoms with E-state index in [0.29, 0.717) is 0 Å². The van der Waals surface area contributed by atoms with E-state index in [-0.39, 0.29) is 17.6 Å². The lowest BCUT2D eigenvalue weighted by atomic mass is 9.67. The number of alkyl carbamates (subject to hydrolysis) is 1. The largest absolute Gasteiger partial charge is 0.444 e. The summed E-state index contributed by atoms with van der Waals surface area (Å²) in [6.45, 7) is 9.95. The lowest BCUT2D eigenvalue weighted by Crippen LogP contribution is -2.53. The van der Waals surface area contributed by atoms with E-state index in [4.69, 9.17) is 4.74 Å². The van der Waals surface area contributed by atoms with Crippen LogP contribution in [0.5, 0.6) is 0 Å². The van der Waals surface area contributed by atoms with E-state index in [1.165, 1.54) is 6.42 Å². The molecule has 0 spiro atoms. The Kier molecular flexibility index (Phi) is 2.79. The third kappa shape index (κ3) is 2.89. The summed E-state index contributed by atoms with van der Waals surface area (Å²) in [6, 6.07) is 0.275. The minimum atomic E-state index is -0.405. The maximum atomic E-state index is 11.4. The van der Waals surface area contributed by atoms with Crippen molar-refractivity contribution in [1.29, 1.82) is 0 Å². The van der Waals surface area contributed by atoms with Crippen LogP contribution in [-0.4, -0.2) is 17.7 Å². The minimum absolute atomic E-state index is 0.233. The fourth-order valence-electron chi connectivity index (χ4n) is 1.58. The van der Waals surface area contributed by atoms with Gasteiger partial charge in [0.1, 0.15) is 5.60 Å². The molecule has 1 rings (SSSR count). The summed E-state index contributed by atoms with van der Waals surface area (Å²) < 4.78 is 5.19. The number of amides is 1. The molecule has 0 radical (unpaired) electrons. The Balaban J connectivity index is 2.35. The molecule has 1 N–H and O–H groups in total. The van der Waals surface area contributed by atoms with Crippen molar-refractivity contribution < 1.29 is 9.53 Å². The van der Waals surface area contributed by atoms with Crippen LogP contribution >= 0.6 is 0 Å². The van der Waals surface area contributed by atoms with Crippen molar-refractivity contribution in [3.05, 3.63) is 0 Å². The molecule has 1 aliphatic rings. The quantitative estimate of drug-likeness (QED) is 0.705. The van der Waals surface area contributed by atoms with Gasteiger partial charge in [-0.3, -0.25) is 0 Å². The van der Waals surface area contributed by atoms with E-state index in [1.54, 1.807) is 0 Å². The monoisotopic (exact) mass is 199 g/mol. The van der Waals surface area contributed by atoms with Crippen molar-refractivity contribution in [1.82, 2.24) is 5.32 Å². The molecular weight excluding hydrogens is 178 g/mol. The van der Waals surface area contributed by atoms with E-state index in [1.807, 2.05) is 20.8 Å². The molecule has 1 fully saturated rings. The Hall–Kier alpha value is -0.730. The van der Waals surface area contributed by atoms with Crippen molar-refractivity contribution in [3.63, 3.8) is 0 Å². The first-order valence-corrected chi connectivity index (χ1v) is 5.20. The van der Waals surface area contributed by atoms with Crippen LogP contribution in [0.25, 0.3) is 0 Å². The normalized spacial score (nSPS) is 25.1. The second kappa shape index (κ2) is 3.44. The Morgan fingerprint density at radius 1 is 1.43 bits per heavy atom. The van der Waals surface area contributed by atoms with Crippen LogP contribution in [0.15, 0.2) is 0 Å². The molecule has 0 aromatic rings. The lowest BCUT2D eigenvalue weighted by Gasteiger charge is -2.44. The van der Waals surface area contributed by atoms with E-state index in [0.717, 1.165) is 6.42 Å². The number of hydrogen-bond acceptors (Lipinski definition) is 2. The van der Waals surface area contributed by atoms with Gasteiger partial charge in [0, 0.05) is 6.04 Å². The number of ether oxygens (including phenoxy) is 1. The second-order valence-corrected chi connectivity index (χ2v) is 5.73. The summed E-state index contributed by atoms with van der Waals surface area (Å²) >= 11 is 0. The molecule has 3 nitrogen and oxygen atoms in total. The van der Waals surface area contributed by atoms with E-state index >= 15 is 0 Å². The smallest absolute Gasteiger partial charge is 0.407 e. The van der Waals surface area contributed by atoms with Gasteiger partial charge < -0.3 is 10.1 Å². The van der Waals surface area contributed by atoms with Crippen LogP contribution in [0.1, 0.15) is 47.5 Å². The number of carbonyl (C=O) groups is 1. The van der Waals surface area contributed by atoms with Crippen molar-refractivity contribution in [2.24, 2.45) is 5.41 Å². The Bertz CT molecular complexity index is 228. The molecule has 0 aromatic carbocycles. The summed E-state index contributed by atoms with van der Waals surface area (Å²) in [5.41, 5.74) is -0.172. The molecule has 14 heavy (non-hydrogen) atoms. The zero-order chi connectivity index (χ0) is 11.0. The zero-order valence-electron chi connectivity index (χ0n) is 9.81. The summed E-state index contributed by atoms with van der Waals surface area (Å²) in [4.78, 5) is 11.4. The fourth-order valence-corrected chi connectivity index (χ4v) is 1.58. The van der Waals surface area contributed by atoms with Gasteiger partial charge in [0.15, 0.2) is 0 Å². The SMILES string of the molecule is CC(C)(C)OC(=O)NC1CCC1(C)C. The van der Waals surface area contributed by atoms with Gasteiger partial charge >= 0.3 is 6.09 Å². The van der Waals surface area contributed by atoms with Crippen LogP contribution < -0.4 is 5.32 Å². The summed E-state index contributed by atoms with van der Waals surface area (Å²) in [7, 11) is 0. The van der Waals surface area contributed by atoms with E-state index in [9.17, 15) is 4.79 Å². The molecule has 0 heterocycles. The van der Waals surface area contributed by atoms with Gasteiger partial charge in [-0.1, -0.05) is 13.8 Å². The highest BCUT2D eigenvalue weighted by Gasteiger charge is 2.39. The maximum absolute atomic E-state index is 11.4. The van der Waals surface area contributed by atoms with Gasteiger partial charge in [-0.25, -0.2) is 4.79 Å². The summed E-state index contributed by atoms with van der Waals surface area (Å²) in [5, 5.41) is 2.90. The van der Waals surface area contributed by atoms with Crippen LogP contribution in [0, 0.1) is 5.41 Å². The maximum Gasteiger partial charge on any atom is 0.407 e. The molecule has 3 heteroatoms. The van der Waals surface area contributed by atoms with Gasteiger partial charge in [0.05, 0.1) is 0 Å². The van der Waals surface area contributed by atoms with Crippen molar-refractivity contribution in [2.75, 3.05) is 0 Å². The fraction of sp³-hybridized carbons (Fsp3) is 0.909. The lowest BCUT2D eigenvalue weighted by molar-refractivity contribution is 0.0334. The highest BCUT2D eigenvalue weighted by Crippen LogP contribution is 2.39. The minimum Gasteiger partial charge on any atom is -0.444 e. The molecule has 0 aliphatic heterocycles. The van der Waals surface area contributed by atoms with Gasteiger partial charge in [0.2, 0.25) is 0 Å². The average molecular weight is 199 g/mol. The molecule has 1 atom stereocenters. The van der Waals surface area contributed by atoms with Gasteiger partial charge in [-0.2, -0.15) is 0 Å². The Labute approximate surface area is 86.2 Å². The highest BCUT2D eigenvalue weighted by atomic mass is 16.6. The Morgan fingerprint density at radius 3 is 2.29 bits per heavy atom. The first-order chi connectivity index (χ1) is 6.21. The first-order valence-electron chi connectivity index (χ1n) is 5.20.